The predicted octanol–water partition coefficient (Wildman–Crippen LogP) is 3.86. The van der Waals surface area contributed by atoms with Crippen molar-refractivity contribution < 1.29 is 4.74 Å². The normalized spacial score (nSPS) is 13.6. The second kappa shape index (κ2) is 9.01. The summed E-state index contributed by atoms with van der Waals surface area (Å²) < 4.78 is 5.55. The number of alkyl halides is 1. The Balaban J connectivity index is 3.06. The molecule has 0 aliphatic heterocycles. The third-order valence-corrected chi connectivity index (χ3v) is 2.65. The highest BCUT2D eigenvalue weighted by atomic mass is 79.9. The lowest BCUT2D eigenvalue weighted by Gasteiger charge is -2.10. The SMILES string of the molecule is CC(C)CCOCCC(C)CCBr. The molecular weight excluding hydrogens is 228 g/mol. The van der Waals surface area contributed by atoms with Crippen molar-refractivity contribution >= 4 is 15.9 Å². The molecule has 13 heavy (non-hydrogen) atoms. The quantitative estimate of drug-likeness (QED) is 0.470. The second-order valence-electron chi connectivity index (χ2n) is 4.17. The minimum Gasteiger partial charge on any atom is -0.381 e. The molecule has 0 N–H and O–H groups in total. The van der Waals surface area contributed by atoms with Gasteiger partial charge in [-0.3, -0.25) is 0 Å². The van der Waals surface area contributed by atoms with Gasteiger partial charge in [0.15, 0.2) is 0 Å². The van der Waals surface area contributed by atoms with E-state index in [1.807, 2.05) is 0 Å². The van der Waals surface area contributed by atoms with Crippen LogP contribution in [0.25, 0.3) is 0 Å². The molecule has 0 aromatic rings. The Morgan fingerprint density at radius 3 is 2.15 bits per heavy atom. The lowest BCUT2D eigenvalue weighted by molar-refractivity contribution is 0.112. The van der Waals surface area contributed by atoms with Crippen LogP contribution in [0.15, 0.2) is 0 Å². The van der Waals surface area contributed by atoms with Gasteiger partial charge < -0.3 is 4.74 Å². The van der Waals surface area contributed by atoms with Crippen molar-refractivity contribution in [3.05, 3.63) is 0 Å². The Labute approximate surface area is 91.4 Å². The van der Waals surface area contributed by atoms with E-state index < -0.39 is 0 Å². The molecule has 0 fully saturated rings. The van der Waals surface area contributed by atoms with Gasteiger partial charge in [0.1, 0.15) is 0 Å². The Morgan fingerprint density at radius 1 is 1.00 bits per heavy atom. The summed E-state index contributed by atoms with van der Waals surface area (Å²) in [4.78, 5) is 0. The van der Waals surface area contributed by atoms with Gasteiger partial charge in [0.05, 0.1) is 0 Å². The van der Waals surface area contributed by atoms with E-state index in [4.69, 9.17) is 4.74 Å². The Kier molecular flexibility index (Phi) is 9.32. The van der Waals surface area contributed by atoms with E-state index in [-0.39, 0.29) is 0 Å². The maximum Gasteiger partial charge on any atom is 0.0468 e. The molecule has 0 aromatic heterocycles. The third kappa shape index (κ3) is 10.4. The fourth-order valence-corrected chi connectivity index (χ4v) is 1.82. The van der Waals surface area contributed by atoms with Crippen LogP contribution >= 0.6 is 15.9 Å². The smallest absolute Gasteiger partial charge is 0.0468 e. The lowest BCUT2D eigenvalue weighted by Crippen LogP contribution is -2.05. The summed E-state index contributed by atoms with van der Waals surface area (Å²) in [6, 6.07) is 0. The zero-order valence-corrected chi connectivity index (χ0v) is 10.8. The first-order valence-electron chi connectivity index (χ1n) is 5.30. The van der Waals surface area contributed by atoms with Gasteiger partial charge in [0.2, 0.25) is 0 Å². The minimum absolute atomic E-state index is 0.764. The van der Waals surface area contributed by atoms with E-state index in [0.29, 0.717) is 0 Å². The fourth-order valence-electron chi connectivity index (χ4n) is 1.04. The van der Waals surface area contributed by atoms with Gasteiger partial charge in [0, 0.05) is 18.5 Å². The van der Waals surface area contributed by atoms with Gasteiger partial charge in [-0.1, -0.05) is 36.7 Å². The number of ether oxygens (including phenoxy) is 1. The first-order valence-corrected chi connectivity index (χ1v) is 6.42. The molecule has 0 aromatic carbocycles. The van der Waals surface area contributed by atoms with Crippen molar-refractivity contribution in [3.63, 3.8) is 0 Å². The maximum atomic E-state index is 5.55. The van der Waals surface area contributed by atoms with Gasteiger partial charge in [0.25, 0.3) is 0 Å². The van der Waals surface area contributed by atoms with Gasteiger partial charge >= 0.3 is 0 Å². The lowest BCUT2D eigenvalue weighted by atomic mass is 10.1. The van der Waals surface area contributed by atoms with Crippen LogP contribution in [0.5, 0.6) is 0 Å². The molecule has 0 amide bonds. The summed E-state index contributed by atoms with van der Waals surface area (Å²) in [6.07, 6.45) is 3.64. The number of rotatable bonds is 8. The van der Waals surface area contributed by atoms with Crippen molar-refractivity contribution in [3.8, 4) is 0 Å². The molecule has 0 spiro atoms. The van der Waals surface area contributed by atoms with Crippen LogP contribution in [-0.4, -0.2) is 18.5 Å². The van der Waals surface area contributed by atoms with Crippen LogP contribution < -0.4 is 0 Å². The summed E-state index contributed by atoms with van der Waals surface area (Å²) in [6.45, 7) is 8.61. The van der Waals surface area contributed by atoms with E-state index >= 15 is 0 Å². The Hall–Kier alpha value is 0.440. The van der Waals surface area contributed by atoms with Crippen molar-refractivity contribution in [1.82, 2.24) is 0 Å². The summed E-state index contributed by atoms with van der Waals surface area (Å²) in [5.41, 5.74) is 0. The van der Waals surface area contributed by atoms with Crippen molar-refractivity contribution in [2.24, 2.45) is 11.8 Å². The van der Waals surface area contributed by atoms with Crippen molar-refractivity contribution in [1.29, 1.82) is 0 Å². The molecule has 0 saturated heterocycles. The number of halogens is 1. The zero-order valence-electron chi connectivity index (χ0n) is 9.18. The first-order chi connectivity index (χ1) is 6.16. The fraction of sp³-hybridized carbons (Fsp3) is 1.00. The van der Waals surface area contributed by atoms with E-state index in [2.05, 4.69) is 36.7 Å². The highest BCUT2D eigenvalue weighted by Gasteiger charge is 2.00. The van der Waals surface area contributed by atoms with E-state index in [0.717, 1.165) is 30.4 Å². The van der Waals surface area contributed by atoms with Crippen LogP contribution in [0.3, 0.4) is 0 Å². The first kappa shape index (κ1) is 13.4. The predicted molar refractivity (Wildman–Crippen MR) is 62.5 cm³/mol. The summed E-state index contributed by atoms with van der Waals surface area (Å²) >= 11 is 3.45. The molecule has 1 nitrogen and oxygen atoms in total. The molecule has 0 heterocycles. The van der Waals surface area contributed by atoms with Crippen LogP contribution in [0.4, 0.5) is 0 Å². The van der Waals surface area contributed by atoms with E-state index in [1.165, 1.54) is 19.3 Å². The highest BCUT2D eigenvalue weighted by Crippen LogP contribution is 2.09. The summed E-state index contributed by atoms with van der Waals surface area (Å²) in [5.74, 6) is 1.55. The zero-order chi connectivity index (χ0) is 10.1. The Bertz CT molecular complexity index is 104. The molecule has 0 radical (unpaired) electrons. The van der Waals surface area contributed by atoms with Gasteiger partial charge in [-0.15, -0.1) is 0 Å². The van der Waals surface area contributed by atoms with Gasteiger partial charge in [-0.2, -0.15) is 0 Å². The summed E-state index contributed by atoms with van der Waals surface area (Å²) in [7, 11) is 0. The second-order valence-corrected chi connectivity index (χ2v) is 4.96. The number of hydrogen-bond donors (Lipinski definition) is 0. The third-order valence-electron chi connectivity index (χ3n) is 2.20. The largest absolute Gasteiger partial charge is 0.381 e. The average molecular weight is 251 g/mol. The monoisotopic (exact) mass is 250 g/mol. The molecule has 80 valence electrons. The molecule has 0 aliphatic carbocycles. The van der Waals surface area contributed by atoms with Crippen LogP contribution in [0, 0.1) is 11.8 Å². The molecule has 0 aliphatic rings. The Morgan fingerprint density at radius 2 is 1.62 bits per heavy atom. The standard InChI is InChI=1S/C11H23BrO/c1-10(2)5-8-13-9-6-11(3)4-7-12/h10-11H,4-9H2,1-3H3. The molecule has 0 bridgehead atoms. The molecule has 1 unspecified atom stereocenters. The molecule has 2 heteroatoms. The highest BCUT2D eigenvalue weighted by molar-refractivity contribution is 9.09. The van der Waals surface area contributed by atoms with Crippen molar-refractivity contribution in [2.75, 3.05) is 18.5 Å². The minimum atomic E-state index is 0.764. The molecule has 0 saturated carbocycles. The van der Waals surface area contributed by atoms with Gasteiger partial charge in [-0.05, 0) is 31.1 Å². The van der Waals surface area contributed by atoms with Crippen LogP contribution in [0.2, 0.25) is 0 Å². The molecule has 0 rings (SSSR count). The van der Waals surface area contributed by atoms with Crippen LogP contribution in [-0.2, 0) is 4.74 Å². The van der Waals surface area contributed by atoms with Gasteiger partial charge in [-0.25, -0.2) is 0 Å². The van der Waals surface area contributed by atoms with E-state index in [9.17, 15) is 0 Å². The van der Waals surface area contributed by atoms with Crippen molar-refractivity contribution in [2.45, 2.75) is 40.0 Å². The molecular formula is C11H23BrO. The molecule has 1 atom stereocenters. The maximum absolute atomic E-state index is 5.55. The average Bonchev–Trinajstić information content (AvgIpc) is 2.03. The number of hydrogen-bond acceptors (Lipinski definition) is 1. The van der Waals surface area contributed by atoms with E-state index in [1.54, 1.807) is 0 Å². The van der Waals surface area contributed by atoms with Crippen LogP contribution in [0.1, 0.15) is 40.0 Å². The topological polar surface area (TPSA) is 9.23 Å². The summed E-state index contributed by atoms with van der Waals surface area (Å²) in [5, 5.41) is 1.11.